The number of fused-ring (bicyclic) bond motifs is 1. The smallest absolute Gasteiger partial charge is 0.190 e. The van der Waals surface area contributed by atoms with Gasteiger partial charge in [0.2, 0.25) is 0 Å². The number of allylic oxidation sites excluding steroid dienone is 1. The van der Waals surface area contributed by atoms with E-state index in [1.54, 1.807) is 13.8 Å². The van der Waals surface area contributed by atoms with Crippen LogP contribution in [0.2, 0.25) is 0 Å². The van der Waals surface area contributed by atoms with Crippen LogP contribution in [0.4, 0.5) is 0 Å². The lowest BCUT2D eigenvalue weighted by molar-refractivity contribution is -0.209. The van der Waals surface area contributed by atoms with Gasteiger partial charge in [-0.1, -0.05) is 0 Å². The molecule has 5 heteroatoms. The summed E-state index contributed by atoms with van der Waals surface area (Å²) in [5, 5.41) is 9.91. The minimum absolute atomic E-state index is 0.0879. The topological polar surface area (TPSA) is 65.0 Å². The summed E-state index contributed by atoms with van der Waals surface area (Å²) in [4.78, 5) is 10.8. The monoisotopic (exact) mass is 228 g/mol. The van der Waals surface area contributed by atoms with Gasteiger partial charge in [0.05, 0.1) is 0 Å². The van der Waals surface area contributed by atoms with Gasteiger partial charge < -0.3 is 19.3 Å². The Bertz CT molecular complexity index is 322. The molecule has 0 spiro atoms. The summed E-state index contributed by atoms with van der Waals surface area (Å²) < 4.78 is 16.4. The van der Waals surface area contributed by atoms with E-state index in [2.05, 4.69) is 0 Å². The van der Waals surface area contributed by atoms with Gasteiger partial charge in [0.25, 0.3) is 0 Å². The molecule has 0 saturated carbocycles. The van der Waals surface area contributed by atoms with Crippen LogP contribution in [0.5, 0.6) is 0 Å². The molecule has 1 N–H and O–H groups in total. The number of aliphatic hydroxyl groups is 1. The van der Waals surface area contributed by atoms with Crippen molar-refractivity contribution in [3.63, 3.8) is 0 Å². The lowest BCUT2D eigenvalue weighted by Crippen LogP contribution is -2.33. The number of aliphatic hydroxyl groups excluding tert-OH is 1. The summed E-state index contributed by atoms with van der Waals surface area (Å²) in [6.07, 6.45) is 0.506. The van der Waals surface area contributed by atoms with Gasteiger partial charge in [-0.3, -0.25) is 4.79 Å². The number of hydrogen-bond donors (Lipinski definition) is 1. The number of ether oxygens (including phenoxy) is 3. The number of carbonyl (C=O) groups is 1. The fourth-order valence-electron chi connectivity index (χ4n) is 1.91. The highest BCUT2D eigenvalue weighted by Gasteiger charge is 2.53. The summed E-state index contributed by atoms with van der Waals surface area (Å²) in [7, 11) is 0. The summed E-state index contributed by atoms with van der Waals surface area (Å²) in [5.41, 5.74) is 0. The molecule has 0 bridgehead atoms. The van der Waals surface area contributed by atoms with Crippen LogP contribution >= 0.6 is 0 Å². The largest absolute Gasteiger partial charge is 0.387 e. The maximum atomic E-state index is 10.8. The van der Waals surface area contributed by atoms with Crippen LogP contribution in [-0.4, -0.2) is 41.3 Å². The van der Waals surface area contributed by atoms with Crippen molar-refractivity contribution >= 4 is 5.78 Å². The third kappa shape index (κ3) is 2.17. The molecular formula is C11H16O5. The number of hydrogen-bond acceptors (Lipinski definition) is 5. The van der Waals surface area contributed by atoms with Crippen molar-refractivity contribution in [1.82, 2.24) is 0 Å². The van der Waals surface area contributed by atoms with Crippen molar-refractivity contribution in [3.05, 3.63) is 12.2 Å². The highest BCUT2D eigenvalue weighted by atomic mass is 16.8. The molecule has 2 rings (SSSR count). The molecule has 2 aliphatic heterocycles. The van der Waals surface area contributed by atoms with E-state index in [1.807, 2.05) is 0 Å². The van der Waals surface area contributed by atoms with Gasteiger partial charge >= 0.3 is 0 Å². The summed E-state index contributed by atoms with van der Waals surface area (Å²) in [6, 6.07) is 0. The molecule has 0 aromatic rings. The first-order chi connectivity index (χ1) is 7.39. The minimum Gasteiger partial charge on any atom is -0.387 e. The number of carbonyl (C=O) groups excluding carboxylic acids is 1. The van der Waals surface area contributed by atoms with Crippen molar-refractivity contribution in [2.24, 2.45) is 0 Å². The van der Waals surface area contributed by atoms with E-state index in [0.29, 0.717) is 0 Å². The van der Waals surface area contributed by atoms with E-state index in [-0.39, 0.29) is 5.78 Å². The van der Waals surface area contributed by atoms with Gasteiger partial charge in [-0.15, -0.1) is 0 Å². The van der Waals surface area contributed by atoms with Crippen molar-refractivity contribution in [2.45, 2.75) is 51.2 Å². The van der Waals surface area contributed by atoms with Gasteiger partial charge in [0, 0.05) is 0 Å². The van der Waals surface area contributed by atoms with E-state index in [1.165, 1.54) is 19.1 Å². The normalized spacial score (nSPS) is 41.5. The Hall–Kier alpha value is -0.750. The van der Waals surface area contributed by atoms with Gasteiger partial charge in [-0.05, 0) is 32.9 Å². The molecule has 0 aromatic heterocycles. The van der Waals surface area contributed by atoms with E-state index >= 15 is 0 Å². The van der Waals surface area contributed by atoms with Crippen molar-refractivity contribution in [2.75, 3.05) is 0 Å². The molecule has 2 aliphatic rings. The lowest BCUT2D eigenvalue weighted by Gasteiger charge is -2.21. The number of ketones is 1. The van der Waals surface area contributed by atoms with Gasteiger partial charge in [-0.2, -0.15) is 0 Å². The average molecular weight is 228 g/mol. The molecule has 2 heterocycles. The summed E-state index contributed by atoms with van der Waals surface area (Å²) >= 11 is 0. The van der Waals surface area contributed by atoms with Crippen LogP contribution in [-0.2, 0) is 19.0 Å². The Morgan fingerprint density at radius 3 is 2.62 bits per heavy atom. The molecule has 0 aromatic carbocycles. The van der Waals surface area contributed by atoms with Crippen LogP contribution in [0.1, 0.15) is 20.8 Å². The predicted molar refractivity (Wildman–Crippen MR) is 54.5 cm³/mol. The first kappa shape index (κ1) is 11.7. The summed E-state index contributed by atoms with van der Waals surface area (Å²) in [5.74, 6) is -0.819. The zero-order chi connectivity index (χ0) is 11.9. The molecule has 0 amide bonds. The first-order valence-corrected chi connectivity index (χ1v) is 5.27. The maximum absolute atomic E-state index is 10.8. The molecule has 0 unspecified atom stereocenters. The molecule has 90 valence electrons. The second-order valence-electron chi connectivity index (χ2n) is 4.53. The molecule has 2 saturated heterocycles. The van der Waals surface area contributed by atoms with Crippen molar-refractivity contribution in [1.29, 1.82) is 0 Å². The Balaban J connectivity index is 2.02. The van der Waals surface area contributed by atoms with Crippen molar-refractivity contribution in [3.8, 4) is 0 Å². The molecule has 0 aliphatic carbocycles. The third-order valence-corrected chi connectivity index (χ3v) is 2.57. The molecule has 5 nitrogen and oxygen atoms in total. The fourth-order valence-corrected chi connectivity index (χ4v) is 1.91. The number of rotatable bonds is 2. The van der Waals surface area contributed by atoms with Crippen molar-refractivity contribution < 1.29 is 24.1 Å². The van der Waals surface area contributed by atoms with Crippen LogP contribution < -0.4 is 0 Å². The maximum Gasteiger partial charge on any atom is 0.190 e. The van der Waals surface area contributed by atoms with E-state index < -0.39 is 30.4 Å². The first-order valence-electron chi connectivity index (χ1n) is 5.27. The Morgan fingerprint density at radius 1 is 1.38 bits per heavy atom. The molecule has 4 atom stereocenters. The van der Waals surface area contributed by atoms with E-state index in [0.717, 1.165) is 0 Å². The average Bonchev–Trinajstić information content (AvgIpc) is 2.58. The quantitative estimate of drug-likeness (QED) is 0.692. The summed E-state index contributed by atoms with van der Waals surface area (Å²) in [6.45, 7) is 4.97. The predicted octanol–water partition coefficient (Wildman–Crippen LogP) is 0.369. The lowest BCUT2D eigenvalue weighted by atomic mass is 10.1. The van der Waals surface area contributed by atoms with E-state index in [4.69, 9.17) is 14.2 Å². The zero-order valence-corrected chi connectivity index (χ0v) is 9.54. The highest BCUT2D eigenvalue weighted by Crippen LogP contribution is 2.37. The van der Waals surface area contributed by atoms with Gasteiger partial charge in [0.1, 0.15) is 18.3 Å². The SMILES string of the molecule is CC(=O)/C=C/[C@H]1O[C@@H]2OC(C)(C)O[C@@H]2[C@H]1O. The fraction of sp³-hybridized carbons (Fsp3) is 0.727. The molecule has 0 radical (unpaired) electrons. The molecule has 16 heavy (non-hydrogen) atoms. The van der Waals surface area contributed by atoms with Crippen LogP contribution in [0.15, 0.2) is 12.2 Å². The zero-order valence-electron chi connectivity index (χ0n) is 9.54. The standard InChI is InChI=1S/C11H16O5/c1-6(12)4-5-7-8(13)9-10(14-7)16-11(2,3)15-9/h4-5,7-10,13H,1-3H3/b5-4+/t7-,8+,9-,10-/m1/s1. The van der Waals surface area contributed by atoms with Gasteiger partial charge in [-0.25, -0.2) is 0 Å². The minimum atomic E-state index is -0.803. The Labute approximate surface area is 94.0 Å². The second kappa shape index (κ2) is 3.92. The second-order valence-corrected chi connectivity index (χ2v) is 4.53. The third-order valence-electron chi connectivity index (χ3n) is 2.57. The van der Waals surface area contributed by atoms with Crippen LogP contribution in [0.25, 0.3) is 0 Å². The molecule has 2 fully saturated rings. The van der Waals surface area contributed by atoms with Crippen LogP contribution in [0.3, 0.4) is 0 Å². The van der Waals surface area contributed by atoms with E-state index in [9.17, 15) is 9.90 Å². The van der Waals surface area contributed by atoms with Crippen LogP contribution in [0, 0.1) is 0 Å². The highest BCUT2D eigenvalue weighted by molar-refractivity contribution is 5.87. The Kier molecular flexibility index (Phi) is 2.88. The van der Waals surface area contributed by atoms with Gasteiger partial charge in [0.15, 0.2) is 17.9 Å². The Morgan fingerprint density at radius 2 is 2.06 bits per heavy atom. The molecular weight excluding hydrogens is 212 g/mol.